The summed E-state index contributed by atoms with van der Waals surface area (Å²) in [5.41, 5.74) is 8.70. The Balaban J connectivity index is 1.62. The zero-order valence-electron chi connectivity index (χ0n) is 13.4. The number of hydrogen-bond donors (Lipinski definition) is 1. The van der Waals surface area contributed by atoms with E-state index in [0.29, 0.717) is 0 Å². The summed E-state index contributed by atoms with van der Waals surface area (Å²) in [4.78, 5) is 0. The molecule has 0 fully saturated rings. The molecule has 0 unspecified atom stereocenters. The fourth-order valence-corrected chi connectivity index (χ4v) is 2.52. The minimum Gasteiger partial charge on any atom is -0.278 e. The number of aryl methyl sites for hydroxylation is 2. The van der Waals surface area contributed by atoms with Gasteiger partial charge < -0.3 is 0 Å². The van der Waals surface area contributed by atoms with Crippen LogP contribution in [-0.2, 0) is 6.54 Å². The number of benzene rings is 2. The fraction of sp³-hybridized carbons (Fsp3) is 0.158. The molecule has 1 N–H and O–H groups in total. The van der Waals surface area contributed by atoms with Gasteiger partial charge in [0.15, 0.2) is 0 Å². The predicted molar refractivity (Wildman–Crippen MR) is 94.9 cm³/mol. The van der Waals surface area contributed by atoms with Crippen molar-refractivity contribution in [1.29, 1.82) is 0 Å². The third kappa shape index (κ3) is 4.30. The van der Waals surface area contributed by atoms with E-state index in [9.17, 15) is 0 Å². The molecule has 3 aromatic rings. The molecule has 0 radical (unpaired) electrons. The van der Waals surface area contributed by atoms with Crippen molar-refractivity contribution in [3.05, 3.63) is 83.2 Å². The van der Waals surface area contributed by atoms with Gasteiger partial charge in [-0.3, -0.25) is 10.1 Å². The smallest absolute Gasteiger partial charge is 0.0659 e. The normalized spacial score (nSPS) is 11.0. The third-order valence-corrected chi connectivity index (χ3v) is 3.47. The molecule has 116 valence electrons. The summed E-state index contributed by atoms with van der Waals surface area (Å²) in [6.45, 7) is 4.92. The van der Waals surface area contributed by atoms with Gasteiger partial charge in [-0.2, -0.15) is 10.2 Å². The highest BCUT2D eigenvalue weighted by Gasteiger charge is 1.98. The molecule has 0 bridgehead atoms. The van der Waals surface area contributed by atoms with Gasteiger partial charge in [0.05, 0.1) is 24.6 Å². The Hall–Kier alpha value is -2.88. The second kappa shape index (κ2) is 6.92. The van der Waals surface area contributed by atoms with Gasteiger partial charge in [0.25, 0.3) is 0 Å². The Morgan fingerprint density at radius 3 is 2.57 bits per heavy atom. The van der Waals surface area contributed by atoms with E-state index in [1.165, 1.54) is 16.7 Å². The molecule has 4 nitrogen and oxygen atoms in total. The van der Waals surface area contributed by atoms with Crippen molar-refractivity contribution in [3.63, 3.8) is 0 Å². The highest BCUT2D eigenvalue weighted by Crippen LogP contribution is 2.13. The van der Waals surface area contributed by atoms with E-state index in [0.717, 1.165) is 17.8 Å². The first-order valence-corrected chi connectivity index (χ1v) is 7.63. The van der Waals surface area contributed by atoms with Crippen LogP contribution in [0, 0.1) is 13.8 Å². The number of aromatic nitrogens is 2. The first kappa shape index (κ1) is 15.0. The van der Waals surface area contributed by atoms with Crippen LogP contribution < -0.4 is 5.43 Å². The minimum absolute atomic E-state index is 0.763. The van der Waals surface area contributed by atoms with Crippen LogP contribution in [0.1, 0.15) is 22.3 Å². The minimum atomic E-state index is 0.763. The van der Waals surface area contributed by atoms with E-state index in [2.05, 4.69) is 59.8 Å². The van der Waals surface area contributed by atoms with Crippen molar-refractivity contribution in [3.8, 4) is 0 Å². The van der Waals surface area contributed by atoms with E-state index in [-0.39, 0.29) is 0 Å². The maximum Gasteiger partial charge on any atom is 0.0659 e. The van der Waals surface area contributed by atoms with Crippen LogP contribution in [0.5, 0.6) is 0 Å². The summed E-state index contributed by atoms with van der Waals surface area (Å²) in [6, 6.07) is 16.6. The van der Waals surface area contributed by atoms with Gasteiger partial charge in [0.1, 0.15) is 0 Å². The lowest BCUT2D eigenvalue weighted by Gasteiger charge is -2.03. The van der Waals surface area contributed by atoms with E-state index >= 15 is 0 Å². The molecule has 0 aliphatic rings. The van der Waals surface area contributed by atoms with Crippen molar-refractivity contribution in [2.45, 2.75) is 20.4 Å². The molecule has 0 amide bonds. The first-order valence-electron chi connectivity index (χ1n) is 7.63. The molecule has 3 rings (SSSR count). The highest BCUT2D eigenvalue weighted by molar-refractivity contribution is 5.79. The Morgan fingerprint density at radius 2 is 1.83 bits per heavy atom. The van der Waals surface area contributed by atoms with Crippen LogP contribution in [0.2, 0.25) is 0 Å². The number of hydrogen-bond acceptors (Lipinski definition) is 3. The zero-order valence-corrected chi connectivity index (χ0v) is 13.4. The standard InChI is InChI=1S/C19H20N4/c1-15-8-16(2)10-19(9-15)22-20-11-18-12-21-23(14-18)13-17-6-4-3-5-7-17/h3-12,14,22H,13H2,1-2H3/b20-11-. The van der Waals surface area contributed by atoms with Crippen LogP contribution in [0.3, 0.4) is 0 Å². The van der Waals surface area contributed by atoms with Gasteiger partial charge in [0, 0.05) is 11.8 Å². The van der Waals surface area contributed by atoms with E-state index in [1.807, 2.05) is 35.3 Å². The molecule has 4 heteroatoms. The second-order valence-electron chi connectivity index (χ2n) is 5.70. The van der Waals surface area contributed by atoms with E-state index in [1.54, 1.807) is 6.21 Å². The molecule has 0 saturated carbocycles. The second-order valence-corrected chi connectivity index (χ2v) is 5.70. The molecule has 23 heavy (non-hydrogen) atoms. The number of hydrazone groups is 1. The van der Waals surface area contributed by atoms with Crippen molar-refractivity contribution < 1.29 is 0 Å². The summed E-state index contributed by atoms with van der Waals surface area (Å²) in [5, 5.41) is 8.65. The first-order chi connectivity index (χ1) is 11.2. The molecule has 0 atom stereocenters. The van der Waals surface area contributed by atoms with E-state index < -0.39 is 0 Å². The average Bonchev–Trinajstić information content (AvgIpc) is 2.95. The Labute approximate surface area is 136 Å². The van der Waals surface area contributed by atoms with Crippen LogP contribution in [0.4, 0.5) is 5.69 Å². The van der Waals surface area contributed by atoms with Crippen molar-refractivity contribution in [2.75, 3.05) is 5.43 Å². The van der Waals surface area contributed by atoms with Crippen LogP contribution in [0.15, 0.2) is 66.0 Å². The number of rotatable bonds is 5. The maximum atomic E-state index is 4.36. The lowest BCUT2D eigenvalue weighted by molar-refractivity contribution is 0.687. The summed E-state index contributed by atoms with van der Waals surface area (Å²) in [7, 11) is 0. The summed E-state index contributed by atoms with van der Waals surface area (Å²) in [6.07, 6.45) is 5.58. The van der Waals surface area contributed by atoms with Crippen molar-refractivity contribution in [1.82, 2.24) is 9.78 Å². The lowest BCUT2D eigenvalue weighted by Crippen LogP contribution is -1.99. The summed E-state index contributed by atoms with van der Waals surface area (Å²) in [5.74, 6) is 0. The van der Waals surface area contributed by atoms with E-state index in [4.69, 9.17) is 0 Å². The maximum absolute atomic E-state index is 4.36. The van der Waals surface area contributed by atoms with Crippen LogP contribution in [-0.4, -0.2) is 16.0 Å². The molecule has 0 spiro atoms. The number of nitrogens with one attached hydrogen (secondary N) is 1. The monoisotopic (exact) mass is 304 g/mol. The molecule has 2 aromatic carbocycles. The molecule has 0 aliphatic carbocycles. The SMILES string of the molecule is Cc1cc(C)cc(N/N=C\c2cnn(Cc3ccccc3)c2)c1. The summed E-state index contributed by atoms with van der Waals surface area (Å²) >= 11 is 0. The lowest BCUT2D eigenvalue weighted by atomic mass is 10.1. The Morgan fingerprint density at radius 1 is 1.09 bits per heavy atom. The van der Waals surface area contributed by atoms with Crippen molar-refractivity contribution >= 4 is 11.9 Å². The van der Waals surface area contributed by atoms with Gasteiger partial charge in [-0.25, -0.2) is 0 Å². The van der Waals surface area contributed by atoms with Gasteiger partial charge in [-0.05, 0) is 42.7 Å². The highest BCUT2D eigenvalue weighted by atomic mass is 15.3. The van der Waals surface area contributed by atoms with Gasteiger partial charge in [-0.1, -0.05) is 36.4 Å². The fourth-order valence-electron chi connectivity index (χ4n) is 2.52. The van der Waals surface area contributed by atoms with Gasteiger partial charge >= 0.3 is 0 Å². The number of anilines is 1. The van der Waals surface area contributed by atoms with Gasteiger partial charge in [0.2, 0.25) is 0 Å². The quantitative estimate of drug-likeness (QED) is 0.572. The predicted octanol–water partition coefficient (Wildman–Crippen LogP) is 3.99. The molecule has 0 saturated heterocycles. The van der Waals surface area contributed by atoms with Crippen LogP contribution in [0.25, 0.3) is 0 Å². The Bertz CT molecular complexity index is 783. The third-order valence-electron chi connectivity index (χ3n) is 3.47. The van der Waals surface area contributed by atoms with Crippen molar-refractivity contribution in [2.24, 2.45) is 5.10 Å². The van der Waals surface area contributed by atoms with Crippen LogP contribution >= 0.6 is 0 Å². The average molecular weight is 304 g/mol. The Kier molecular flexibility index (Phi) is 4.52. The molecule has 1 aromatic heterocycles. The molecular formula is C19H20N4. The summed E-state index contributed by atoms with van der Waals surface area (Å²) < 4.78 is 1.91. The molecule has 0 aliphatic heterocycles. The largest absolute Gasteiger partial charge is 0.278 e. The topological polar surface area (TPSA) is 42.2 Å². The molecule has 1 heterocycles. The number of nitrogens with zero attached hydrogens (tertiary/aromatic N) is 3. The van der Waals surface area contributed by atoms with Gasteiger partial charge in [-0.15, -0.1) is 0 Å². The molecular weight excluding hydrogens is 284 g/mol. The zero-order chi connectivity index (χ0) is 16.1.